The van der Waals surface area contributed by atoms with E-state index in [-0.39, 0.29) is 30.7 Å². The Hall–Kier alpha value is -3.81. The lowest BCUT2D eigenvalue weighted by Crippen LogP contribution is -2.51. The number of pyridine rings is 1. The first-order valence-electron chi connectivity index (χ1n) is 12.8. The second-order valence-corrected chi connectivity index (χ2v) is 10.0. The number of amides is 1. The zero-order valence-electron chi connectivity index (χ0n) is 20.9. The van der Waals surface area contributed by atoms with Gasteiger partial charge in [0.15, 0.2) is 0 Å². The highest BCUT2D eigenvalue weighted by molar-refractivity contribution is 5.79. The number of nitrogens with zero attached hydrogens (tertiary/aromatic N) is 2. The second-order valence-electron chi connectivity index (χ2n) is 10.0. The summed E-state index contributed by atoms with van der Waals surface area (Å²) in [6.45, 7) is 0.233. The van der Waals surface area contributed by atoms with Crippen LogP contribution in [-0.4, -0.2) is 41.8 Å². The minimum atomic E-state index is -4.58. The van der Waals surface area contributed by atoms with Crippen molar-refractivity contribution < 1.29 is 27.4 Å². The van der Waals surface area contributed by atoms with Gasteiger partial charge in [0, 0.05) is 18.2 Å². The molecule has 5 nitrogen and oxygen atoms in total. The van der Waals surface area contributed by atoms with Gasteiger partial charge < -0.3 is 9.47 Å². The summed E-state index contributed by atoms with van der Waals surface area (Å²) in [7, 11) is 1.17. The number of hydrogen-bond donors (Lipinski definition) is 0. The molecule has 0 N–H and O–H groups in total. The van der Waals surface area contributed by atoms with E-state index in [9.17, 15) is 18.0 Å². The second kappa shape index (κ2) is 9.49. The van der Waals surface area contributed by atoms with Crippen LogP contribution in [0.4, 0.5) is 18.0 Å². The summed E-state index contributed by atoms with van der Waals surface area (Å²) in [5, 5.41) is 0. The molecule has 3 aliphatic rings. The average molecular weight is 521 g/mol. The molecule has 1 saturated heterocycles. The number of rotatable bonds is 4. The highest BCUT2D eigenvalue weighted by Crippen LogP contribution is 2.45. The predicted octanol–water partition coefficient (Wildman–Crippen LogP) is 7.07. The van der Waals surface area contributed by atoms with Crippen molar-refractivity contribution in [3.05, 3.63) is 89.1 Å². The topological polar surface area (TPSA) is 51.7 Å². The third-order valence-corrected chi connectivity index (χ3v) is 7.90. The number of alkyl halides is 3. The van der Waals surface area contributed by atoms with E-state index in [1.807, 2.05) is 30.3 Å². The number of ether oxygens (including phenoxy) is 2. The maximum atomic E-state index is 13.6. The quantitative estimate of drug-likeness (QED) is 0.369. The Labute approximate surface area is 218 Å². The molecule has 1 aliphatic carbocycles. The molecule has 6 rings (SSSR count). The molecule has 3 heterocycles. The lowest BCUT2D eigenvalue weighted by Gasteiger charge is -2.44. The van der Waals surface area contributed by atoms with E-state index in [2.05, 4.69) is 29.2 Å². The Morgan fingerprint density at radius 2 is 1.74 bits per heavy atom. The molecule has 1 aromatic heterocycles. The van der Waals surface area contributed by atoms with Crippen LogP contribution in [0.15, 0.2) is 66.9 Å². The number of carbonyl (C=O) groups excluding carboxylic acids is 1. The number of halogens is 3. The summed E-state index contributed by atoms with van der Waals surface area (Å²) in [5.74, 6) is -0.480. The molecule has 0 saturated carbocycles. The summed E-state index contributed by atoms with van der Waals surface area (Å²) in [5.41, 5.74) is 4.90. The normalized spacial score (nSPS) is 20.4. The molecule has 2 aliphatic heterocycles. The zero-order chi connectivity index (χ0) is 26.4. The van der Waals surface area contributed by atoms with Gasteiger partial charge in [0.05, 0.1) is 13.2 Å². The fourth-order valence-corrected chi connectivity index (χ4v) is 6.19. The molecule has 2 aromatic carbocycles. The fourth-order valence-electron chi connectivity index (χ4n) is 6.19. The lowest BCUT2D eigenvalue weighted by atomic mass is 9.83. The van der Waals surface area contributed by atoms with Crippen LogP contribution in [0.2, 0.25) is 0 Å². The Balaban J connectivity index is 1.22. The number of carbonyl (C=O) groups is 1. The number of aromatic nitrogens is 1. The van der Waals surface area contributed by atoms with Crippen LogP contribution >= 0.6 is 0 Å². The van der Waals surface area contributed by atoms with Crippen molar-refractivity contribution in [2.24, 2.45) is 0 Å². The van der Waals surface area contributed by atoms with E-state index in [1.54, 1.807) is 4.90 Å². The first-order valence-corrected chi connectivity index (χ1v) is 12.8. The van der Waals surface area contributed by atoms with Crippen molar-refractivity contribution in [1.29, 1.82) is 0 Å². The minimum Gasteiger partial charge on any atom is -0.481 e. The van der Waals surface area contributed by atoms with Gasteiger partial charge in [-0.1, -0.05) is 54.6 Å². The van der Waals surface area contributed by atoms with Gasteiger partial charge in [-0.2, -0.15) is 13.2 Å². The van der Waals surface area contributed by atoms with Gasteiger partial charge in [0.1, 0.15) is 12.2 Å². The zero-order valence-corrected chi connectivity index (χ0v) is 20.9. The number of benzene rings is 2. The largest absolute Gasteiger partial charge is 0.481 e. The van der Waals surface area contributed by atoms with E-state index < -0.39 is 17.6 Å². The highest BCUT2D eigenvalue weighted by Gasteiger charge is 2.40. The first-order chi connectivity index (χ1) is 18.3. The third-order valence-electron chi connectivity index (χ3n) is 7.90. The van der Waals surface area contributed by atoms with Crippen LogP contribution in [0.3, 0.4) is 0 Å². The van der Waals surface area contributed by atoms with Gasteiger partial charge >= 0.3 is 12.3 Å². The number of methoxy groups -OCH3 is 1. The summed E-state index contributed by atoms with van der Waals surface area (Å²) >= 11 is 0. The SMILES string of the molecule is COc1ncc(C2=CC3CCCC(C2)N3C(=O)OCC2c3ccccc3-c3ccccc32)cc1C(F)(F)F. The van der Waals surface area contributed by atoms with Crippen molar-refractivity contribution >= 4 is 11.7 Å². The molecular formula is C30H27F3N2O3. The third kappa shape index (κ3) is 4.22. The molecule has 196 valence electrons. The molecule has 0 radical (unpaired) electrons. The summed E-state index contributed by atoms with van der Waals surface area (Å²) in [6, 6.07) is 17.1. The Kier molecular flexibility index (Phi) is 6.13. The Morgan fingerprint density at radius 1 is 1.05 bits per heavy atom. The van der Waals surface area contributed by atoms with E-state index in [0.717, 1.165) is 53.2 Å². The van der Waals surface area contributed by atoms with E-state index in [0.29, 0.717) is 12.0 Å². The van der Waals surface area contributed by atoms with Gasteiger partial charge in [0.2, 0.25) is 5.88 Å². The van der Waals surface area contributed by atoms with Crippen molar-refractivity contribution in [2.45, 2.75) is 49.9 Å². The van der Waals surface area contributed by atoms with Crippen molar-refractivity contribution in [3.8, 4) is 17.0 Å². The first kappa shape index (κ1) is 24.5. The molecular weight excluding hydrogens is 493 g/mol. The summed E-state index contributed by atoms with van der Waals surface area (Å²) < 4.78 is 51.5. The summed E-state index contributed by atoms with van der Waals surface area (Å²) in [4.78, 5) is 19.1. The maximum absolute atomic E-state index is 13.6. The molecule has 1 fully saturated rings. The van der Waals surface area contributed by atoms with Crippen LogP contribution in [0.5, 0.6) is 5.88 Å². The average Bonchev–Trinajstić information content (AvgIpc) is 3.23. The molecule has 2 bridgehead atoms. The molecule has 8 heteroatoms. The smallest absolute Gasteiger partial charge is 0.421 e. The van der Waals surface area contributed by atoms with Crippen LogP contribution in [0, 0.1) is 0 Å². The predicted molar refractivity (Wildman–Crippen MR) is 137 cm³/mol. The van der Waals surface area contributed by atoms with Crippen LogP contribution in [0.25, 0.3) is 16.7 Å². The van der Waals surface area contributed by atoms with Gasteiger partial charge in [-0.05, 0) is 65.1 Å². The highest BCUT2D eigenvalue weighted by atomic mass is 19.4. The van der Waals surface area contributed by atoms with E-state index >= 15 is 0 Å². The molecule has 2 atom stereocenters. The van der Waals surface area contributed by atoms with Crippen LogP contribution in [-0.2, 0) is 10.9 Å². The lowest BCUT2D eigenvalue weighted by molar-refractivity contribution is -0.139. The van der Waals surface area contributed by atoms with Gasteiger partial charge in [-0.15, -0.1) is 0 Å². The van der Waals surface area contributed by atoms with Gasteiger partial charge in [0.25, 0.3) is 0 Å². The standard InChI is InChI=1S/C30H27F3N2O3/c1-37-28-27(30(31,32)33)15-19(16-34-28)18-13-20-7-6-8-21(14-18)35(20)29(36)38-17-26-24-11-4-2-9-22(24)23-10-3-5-12-25(23)26/h2-5,9-13,15-16,20-21,26H,6-8,14,17H2,1H3. The van der Waals surface area contributed by atoms with Crippen molar-refractivity contribution in [3.63, 3.8) is 0 Å². The number of fused-ring (bicyclic) bond motifs is 5. The number of piperidine rings is 1. The van der Waals surface area contributed by atoms with E-state index in [1.165, 1.54) is 13.3 Å². The van der Waals surface area contributed by atoms with Crippen LogP contribution in [0.1, 0.15) is 53.9 Å². The molecule has 2 unspecified atom stereocenters. The minimum absolute atomic E-state index is 0.0340. The molecule has 3 aromatic rings. The van der Waals surface area contributed by atoms with Crippen molar-refractivity contribution in [1.82, 2.24) is 9.88 Å². The van der Waals surface area contributed by atoms with Gasteiger partial charge in [-0.25, -0.2) is 9.78 Å². The van der Waals surface area contributed by atoms with Crippen LogP contribution < -0.4 is 4.74 Å². The monoisotopic (exact) mass is 520 g/mol. The molecule has 1 amide bonds. The van der Waals surface area contributed by atoms with Gasteiger partial charge in [-0.3, -0.25) is 4.90 Å². The van der Waals surface area contributed by atoms with E-state index in [4.69, 9.17) is 9.47 Å². The Morgan fingerprint density at radius 3 is 2.37 bits per heavy atom. The molecule has 38 heavy (non-hydrogen) atoms. The van der Waals surface area contributed by atoms with Crippen molar-refractivity contribution in [2.75, 3.05) is 13.7 Å². The summed E-state index contributed by atoms with van der Waals surface area (Å²) in [6.07, 6.45) is 1.27. The number of hydrogen-bond acceptors (Lipinski definition) is 4. The molecule has 0 spiro atoms. The fraction of sp³-hybridized carbons (Fsp3) is 0.333. The Bertz CT molecular complexity index is 1370. The maximum Gasteiger partial charge on any atom is 0.421 e.